The molecule has 0 aliphatic carbocycles. The third-order valence-electron chi connectivity index (χ3n) is 3.93. The Hall–Kier alpha value is -2.49. The van der Waals surface area contributed by atoms with Crippen molar-refractivity contribution < 1.29 is 9.53 Å². The third-order valence-corrected chi connectivity index (χ3v) is 3.93. The SMILES string of the molecule is COc1ccccc1NCC(=O)NCCc1ccc(C(C)C)cc1. The maximum Gasteiger partial charge on any atom is 0.239 e. The van der Waals surface area contributed by atoms with E-state index in [-0.39, 0.29) is 12.5 Å². The number of rotatable bonds is 8. The van der Waals surface area contributed by atoms with Gasteiger partial charge in [-0.05, 0) is 35.6 Å². The number of carbonyl (C=O) groups is 1. The average Bonchev–Trinajstić information content (AvgIpc) is 2.60. The minimum Gasteiger partial charge on any atom is -0.495 e. The monoisotopic (exact) mass is 326 g/mol. The predicted octanol–water partition coefficient (Wildman–Crippen LogP) is 3.59. The van der Waals surface area contributed by atoms with Gasteiger partial charge in [0.1, 0.15) is 5.75 Å². The highest BCUT2D eigenvalue weighted by molar-refractivity contribution is 5.81. The molecule has 2 aromatic carbocycles. The molecule has 0 unspecified atom stereocenters. The molecule has 0 aliphatic heterocycles. The summed E-state index contributed by atoms with van der Waals surface area (Å²) in [6, 6.07) is 16.1. The zero-order valence-corrected chi connectivity index (χ0v) is 14.6. The number of anilines is 1. The quantitative estimate of drug-likeness (QED) is 0.779. The van der Waals surface area contributed by atoms with E-state index in [1.54, 1.807) is 7.11 Å². The van der Waals surface area contributed by atoms with Crippen LogP contribution in [0.2, 0.25) is 0 Å². The van der Waals surface area contributed by atoms with Crippen molar-refractivity contribution >= 4 is 11.6 Å². The Labute approximate surface area is 144 Å². The minimum atomic E-state index is -0.0280. The predicted molar refractivity (Wildman–Crippen MR) is 98.7 cm³/mol. The summed E-state index contributed by atoms with van der Waals surface area (Å²) >= 11 is 0. The van der Waals surface area contributed by atoms with Gasteiger partial charge in [0.15, 0.2) is 0 Å². The van der Waals surface area contributed by atoms with Crippen molar-refractivity contribution in [3.05, 3.63) is 59.7 Å². The molecule has 2 N–H and O–H groups in total. The summed E-state index contributed by atoms with van der Waals surface area (Å²) in [6.45, 7) is 5.23. The maximum atomic E-state index is 11.9. The van der Waals surface area contributed by atoms with Crippen LogP contribution >= 0.6 is 0 Å². The molecule has 4 nitrogen and oxygen atoms in total. The molecule has 0 heterocycles. The van der Waals surface area contributed by atoms with E-state index in [1.807, 2.05) is 24.3 Å². The van der Waals surface area contributed by atoms with Gasteiger partial charge in [0.2, 0.25) is 5.91 Å². The Kier molecular flexibility index (Phi) is 6.67. The molecular formula is C20H26N2O2. The highest BCUT2D eigenvalue weighted by atomic mass is 16.5. The number of carbonyl (C=O) groups excluding carboxylic acids is 1. The molecule has 4 heteroatoms. The summed E-state index contributed by atoms with van der Waals surface area (Å²) in [5.74, 6) is 1.25. The molecule has 128 valence electrons. The van der Waals surface area contributed by atoms with Crippen LogP contribution in [0.1, 0.15) is 30.9 Å². The van der Waals surface area contributed by atoms with E-state index in [1.165, 1.54) is 11.1 Å². The lowest BCUT2D eigenvalue weighted by atomic mass is 10.0. The summed E-state index contributed by atoms with van der Waals surface area (Å²) in [4.78, 5) is 11.9. The molecular weight excluding hydrogens is 300 g/mol. The van der Waals surface area contributed by atoms with Gasteiger partial charge in [0, 0.05) is 6.54 Å². The second-order valence-corrected chi connectivity index (χ2v) is 6.05. The third kappa shape index (κ3) is 5.30. The number of methoxy groups -OCH3 is 1. The number of benzene rings is 2. The van der Waals surface area contributed by atoms with Crippen molar-refractivity contribution in [1.29, 1.82) is 0 Å². The van der Waals surface area contributed by atoms with E-state index >= 15 is 0 Å². The van der Waals surface area contributed by atoms with E-state index in [2.05, 4.69) is 48.7 Å². The van der Waals surface area contributed by atoms with Crippen LogP contribution < -0.4 is 15.4 Å². The summed E-state index contributed by atoms with van der Waals surface area (Å²) in [5.41, 5.74) is 3.39. The highest BCUT2D eigenvalue weighted by Gasteiger charge is 2.05. The van der Waals surface area contributed by atoms with Gasteiger partial charge in [-0.1, -0.05) is 50.2 Å². The van der Waals surface area contributed by atoms with E-state index < -0.39 is 0 Å². The Bertz CT molecular complexity index is 651. The minimum absolute atomic E-state index is 0.0280. The van der Waals surface area contributed by atoms with Crippen LogP contribution in [-0.4, -0.2) is 26.1 Å². The lowest BCUT2D eigenvalue weighted by molar-refractivity contribution is -0.119. The fourth-order valence-electron chi connectivity index (χ4n) is 2.44. The molecule has 0 atom stereocenters. The smallest absolute Gasteiger partial charge is 0.239 e. The first-order valence-corrected chi connectivity index (χ1v) is 8.32. The van der Waals surface area contributed by atoms with Crippen LogP contribution in [0.15, 0.2) is 48.5 Å². The van der Waals surface area contributed by atoms with Gasteiger partial charge in [-0.2, -0.15) is 0 Å². The second-order valence-electron chi connectivity index (χ2n) is 6.05. The highest BCUT2D eigenvalue weighted by Crippen LogP contribution is 2.22. The van der Waals surface area contributed by atoms with Crippen molar-refractivity contribution in [1.82, 2.24) is 5.32 Å². The fraction of sp³-hybridized carbons (Fsp3) is 0.350. The molecule has 2 rings (SSSR count). The number of nitrogens with one attached hydrogen (secondary N) is 2. The van der Waals surface area contributed by atoms with Gasteiger partial charge in [-0.3, -0.25) is 4.79 Å². The van der Waals surface area contributed by atoms with E-state index in [0.29, 0.717) is 12.5 Å². The van der Waals surface area contributed by atoms with E-state index in [0.717, 1.165) is 17.9 Å². The topological polar surface area (TPSA) is 50.4 Å². The zero-order chi connectivity index (χ0) is 17.4. The van der Waals surface area contributed by atoms with Crippen LogP contribution in [0.5, 0.6) is 5.75 Å². The maximum absolute atomic E-state index is 11.9. The van der Waals surface area contributed by atoms with E-state index in [4.69, 9.17) is 4.74 Å². The zero-order valence-electron chi connectivity index (χ0n) is 14.6. The molecule has 2 aromatic rings. The lowest BCUT2D eigenvalue weighted by Crippen LogP contribution is -2.31. The number of hydrogen-bond donors (Lipinski definition) is 2. The molecule has 24 heavy (non-hydrogen) atoms. The number of ether oxygens (including phenoxy) is 1. The lowest BCUT2D eigenvalue weighted by Gasteiger charge is -2.11. The van der Waals surface area contributed by atoms with Gasteiger partial charge in [0.05, 0.1) is 19.3 Å². The van der Waals surface area contributed by atoms with E-state index in [9.17, 15) is 4.79 Å². The van der Waals surface area contributed by atoms with Crippen LogP contribution in [0.4, 0.5) is 5.69 Å². The Morgan fingerprint density at radius 1 is 1.08 bits per heavy atom. The molecule has 0 bridgehead atoms. The molecule has 0 fully saturated rings. The van der Waals surface area contributed by atoms with Crippen LogP contribution in [0.3, 0.4) is 0 Å². The molecule has 0 saturated heterocycles. The molecule has 1 amide bonds. The number of hydrogen-bond acceptors (Lipinski definition) is 3. The normalized spacial score (nSPS) is 10.5. The van der Waals surface area contributed by atoms with Gasteiger partial charge in [-0.25, -0.2) is 0 Å². The summed E-state index contributed by atoms with van der Waals surface area (Å²) in [6.07, 6.45) is 0.832. The van der Waals surface area contributed by atoms with Crippen molar-refractivity contribution in [3.63, 3.8) is 0 Å². The number of amides is 1. The first-order chi connectivity index (χ1) is 11.6. The van der Waals surface area contributed by atoms with Gasteiger partial charge >= 0.3 is 0 Å². The fourth-order valence-corrected chi connectivity index (χ4v) is 2.44. The van der Waals surface area contributed by atoms with Crippen molar-refractivity contribution in [2.45, 2.75) is 26.2 Å². The standard InChI is InChI=1S/C20H26N2O2/c1-15(2)17-10-8-16(9-11-17)12-13-21-20(23)14-22-18-6-4-5-7-19(18)24-3/h4-11,15,22H,12-14H2,1-3H3,(H,21,23). The number of para-hydroxylation sites is 2. The van der Waals surface area contributed by atoms with Gasteiger partial charge < -0.3 is 15.4 Å². The molecule has 0 radical (unpaired) electrons. The Balaban J connectivity index is 1.73. The summed E-state index contributed by atoms with van der Waals surface area (Å²) < 4.78 is 5.25. The first-order valence-electron chi connectivity index (χ1n) is 8.32. The largest absolute Gasteiger partial charge is 0.495 e. The van der Waals surface area contributed by atoms with Crippen LogP contribution in [0.25, 0.3) is 0 Å². The Morgan fingerprint density at radius 3 is 2.46 bits per heavy atom. The summed E-state index contributed by atoms with van der Waals surface area (Å²) in [5, 5.41) is 6.03. The van der Waals surface area contributed by atoms with Gasteiger partial charge in [-0.15, -0.1) is 0 Å². The average molecular weight is 326 g/mol. The molecule has 0 aromatic heterocycles. The Morgan fingerprint density at radius 2 is 1.79 bits per heavy atom. The van der Waals surface area contributed by atoms with Gasteiger partial charge in [0.25, 0.3) is 0 Å². The molecule has 0 aliphatic rings. The van der Waals surface area contributed by atoms with Crippen molar-refractivity contribution in [3.8, 4) is 5.75 Å². The van der Waals surface area contributed by atoms with Crippen molar-refractivity contribution in [2.24, 2.45) is 0 Å². The summed E-state index contributed by atoms with van der Waals surface area (Å²) in [7, 11) is 1.62. The second kappa shape index (κ2) is 8.96. The van der Waals surface area contributed by atoms with Crippen molar-refractivity contribution in [2.75, 3.05) is 25.5 Å². The molecule has 0 saturated carbocycles. The van der Waals surface area contributed by atoms with Crippen LogP contribution in [-0.2, 0) is 11.2 Å². The molecule has 0 spiro atoms. The van der Waals surface area contributed by atoms with Crippen LogP contribution in [0, 0.1) is 0 Å². The first kappa shape index (κ1) is 17.9.